The van der Waals surface area contributed by atoms with Gasteiger partial charge in [-0.3, -0.25) is 4.79 Å². The molecule has 1 aliphatic carbocycles. The van der Waals surface area contributed by atoms with Crippen LogP contribution in [-0.2, 0) is 4.79 Å². The minimum Gasteiger partial charge on any atom is -0.496 e. The van der Waals surface area contributed by atoms with Crippen molar-refractivity contribution in [1.29, 1.82) is 0 Å². The summed E-state index contributed by atoms with van der Waals surface area (Å²) in [5.41, 5.74) is 5.69. The number of benzene rings is 3. The molecular formula is C29H29NO3. The fourth-order valence-electron chi connectivity index (χ4n) is 5.13. The van der Waals surface area contributed by atoms with E-state index in [4.69, 9.17) is 9.15 Å². The number of hydrogen-bond acceptors (Lipinski definition) is 3. The van der Waals surface area contributed by atoms with Gasteiger partial charge in [-0.05, 0) is 54.7 Å². The number of furan rings is 1. The summed E-state index contributed by atoms with van der Waals surface area (Å²) in [6, 6.07) is 17.1. The Bertz CT molecular complexity index is 1370. The van der Waals surface area contributed by atoms with Gasteiger partial charge in [-0.2, -0.15) is 0 Å². The normalized spacial score (nSPS) is 14.8. The van der Waals surface area contributed by atoms with E-state index in [-0.39, 0.29) is 5.91 Å². The van der Waals surface area contributed by atoms with E-state index in [1.807, 2.05) is 20.1 Å². The van der Waals surface area contributed by atoms with Crippen molar-refractivity contribution in [1.82, 2.24) is 5.32 Å². The van der Waals surface area contributed by atoms with E-state index in [0.717, 1.165) is 57.4 Å². The highest BCUT2D eigenvalue weighted by Gasteiger charge is 2.20. The number of methoxy groups -OCH3 is 1. The lowest BCUT2D eigenvalue weighted by Gasteiger charge is -2.14. The average Bonchev–Trinajstić information content (AvgIpc) is 3.48. The molecule has 0 aliphatic heterocycles. The van der Waals surface area contributed by atoms with Gasteiger partial charge < -0.3 is 14.5 Å². The molecule has 1 saturated carbocycles. The summed E-state index contributed by atoms with van der Waals surface area (Å²) in [6.07, 6.45) is 8.03. The molecule has 0 spiro atoms. The summed E-state index contributed by atoms with van der Waals surface area (Å²) in [5.74, 6) is 0.699. The minimum absolute atomic E-state index is 0.0410. The summed E-state index contributed by atoms with van der Waals surface area (Å²) in [6.45, 7) is 3.97. The lowest BCUT2D eigenvalue weighted by molar-refractivity contribution is -0.117. The maximum atomic E-state index is 12.7. The van der Waals surface area contributed by atoms with E-state index in [0.29, 0.717) is 6.04 Å². The number of carbonyl (C=O) groups is 1. The Morgan fingerprint density at radius 2 is 1.82 bits per heavy atom. The van der Waals surface area contributed by atoms with Crippen molar-refractivity contribution in [2.45, 2.75) is 45.6 Å². The third-order valence-electron chi connectivity index (χ3n) is 6.80. The molecule has 0 bridgehead atoms. The molecule has 1 fully saturated rings. The second-order valence-electron chi connectivity index (χ2n) is 8.95. The third kappa shape index (κ3) is 3.91. The Kier molecular flexibility index (Phi) is 5.67. The molecule has 1 amide bonds. The van der Waals surface area contributed by atoms with Crippen LogP contribution < -0.4 is 10.1 Å². The van der Waals surface area contributed by atoms with Gasteiger partial charge in [-0.15, -0.1) is 0 Å². The predicted octanol–water partition coefficient (Wildman–Crippen LogP) is 7.03. The first-order chi connectivity index (χ1) is 16.1. The van der Waals surface area contributed by atoms with Crippen LogP contribution in [0.25, 0.3) is 38.4 Å². The van der Waals surface area contributed by atoms with Crippen molar-refractivity contribution in [3.63, 3.8) is 0 Å². The minimum atomic E-state index is -0.0410. The standard InChI is InChI=1S/C29H29NO3/c1-18(15-27(31)30-21-11-5-6-12-21)24-16-25-26(17-33-29(25)19(2)28(24)32-3)23-14-8-10-20-9-4-7-13-22(20)23/h4,7-10,13-17,21H,5-6,11-12H2,1-3H3,(H,30,31)/b18-15+. The highest BCUT2D eigenvalue weighted by Crippen LogP contribution is 2.42. The molecule has 3 aromatic carbocycles. The maximum absolute atomic E-state index is 12.7. The zero-order chi connectivity index (χ0) is 22.9. The van der Waals surface area contributed by atoms with E-state index < -0.39 is 0 Å². The van der Waals surface area contributed by atoms with E-state index in [1.165, 1.54) is 23.6 Å². The highest BCUT2D eigenvalue weighted by atomic mass is 16.5. The molecule has 4 aromatic rings. The monoisotopic (exact) mass is 439 g/mol. The quantitative estimate of drug-likeness (QED) is 0.340. The predicted molar refractivity (Wildman–Crippen MR) is 134 cm³/mol. The fourth-order valence-corrected chi connectivity index (χ4v) is 5.13. The molecule has 0 atom stereocenters. The number of hydrogen-bond donors (Lipinski definition) is 1. The van der Waals surface area contributed by atoms with E-state index in [2.05, 4.69) is 53.8 Å². The Morgan fingerprint density at radius 3 is 2.61 bits per heavy atom. The van der Waals surface area contributed by atoms with Crippen LogP contribution in [0, 0.1) is 6.92 Å². The van der Waals surface area contributed by atoms with Crippen LogP contribution in [0.5, 0.6) is 5.75 Å². The second kappa shape index (κ2) is 8.78. The van der Waals surface area contributed by atoms with E-state index >= 15 is 0 Å². The molecule has 1 aromatic heterocycles. The van der Waals surface area contributed by atoms with Crippen LogP contribution in [0.4, 0.5) is 0 Å². The number of rotatable bonds is 5. The first-order valence-electron chi connectivity index (χ1n) is 11.6. The van der Waals surface area contributed by atoms with Crippen LogP contribution in [0.15, 0.2) is 65.3 Å². The number of allylic oxidation sites excluding steroid dienone is 1. The van der Waals surface area contributed by atoms with Gasteiger partial charge in [0.1, 0.15) is 11.3 Å². The Labute approximate surface area is 194 Å². The van der Waals surface area contributed by atoms with Gasteiger partial charge in [0, 0.05) is 34.2 Å². The topological polar surface area (TPSA) is 51.5 Å². The molecule has 0 saturated heterocycles. The molecule has 33 heavy (non-hydrogen) atoms. The highest BCUT2D eigenvalue weighted by molar-refractivity contribution is 6.07. The molecule has 1 heterocycles. The van der Waals surface area contributed by atoms with E-state index in [1.54, 1.807) is 13.2 Å². The van der Waals surface area contributed by atoms with Gasteiger partial charge in [0.25, 0.3) is 0 Å². The largest absolute Gasteiger partial charge is 0.496 e. The van der Waals surface area contributed by atoms with Gasteiger partial charge in [0.15, 0.2) is 0 Å². The van der Waals surface area contributed by atoms with Crippen LogP contribution >= 0.6 is 0 Å². The smallest absolute Gasteiger partial charge is 0.244 e. The summed E-state index contributed by atoms with van der Waals surface area (Å²) >= 11 is 0. The number of aryl methyl sites for hydroxylation is 1. The van der Waals surface area contributed by atoms with Gasteiger partial charge in [-0.1, -0.05) is 55.3 Å². The molecule has 4 nitrogen and oxygen atoms in total. The number of fused-ring (bicyclic) bond motifs is 2. The van der Waals surface area contributed by atoms with Crippen molar-refractivity contribution >= 4 is 33.2 Å². The first-order valence-corrected chi connectivity index (χ1v) is 11.6. The average molecular weight is 440 g/mol. The summed E-state index contributed by atoms with van der Waals surface area (Å²) in [4.78, 5) is 12.7. The summed E-state index contributed by atoms with van der Waals surface area (Å²) in [7, 11) is 1.66. The number of nitrogens with one attached hydrogen (secondary N) is 1. The van der Waals surface area contributed by atoms with Crippen molar-refractivity contribution in [3.05, 3.63) is 72.0 Å². The summed E-state index contributed by atoms with van der Waals surface area (Å²) in [5, 5.41) is 6.53. The molecule has 1 aliphatic rings. The lowest BCUT2D eigenvalue weighted by Crippen LogP contribution is -2.31. The Hall–Kier alpha value is -3.53. The van der Waals surface area contributed by atoms with Crippen molar-refractivity contribution < 1.29 is 13.9 Å². The van der Waals surface area contributed by atoms with E-state index in [9.17, 15) is 4.79 Å². The zero-order valence-electron chi connectivity index (χ0n) is 19.4. The van der Waals surface area contributed by atoms with Crippen molar-refractivity contribution in [2.24, 2.45) is 0 Å². The molecule has 1 N–H and O–H groups in total. The molecular weight excluding hydrogens is 410 g/mol. The SMILES string of the molecule is COc1c(/C(C)=C/C(=O)NC2CCCC2)cc2c(-c3cccc4ccccc34)coc2c1C. The summed E-state index contributed by atoms with van der Waals surface area (Å²) < 4.78 is 11.8. The molecule has 0 unspecified atom stereocenters. The van der Waals surface area contributed by atoms with Crippen LogP contribution in [0.2, 0.25) is 0 Å². The van der Waals surface area contributed by atoms with Gasteiger partial charge >= 0.3 is 0 Å². The van der Waals surface area contributed by atoms with Gasteiger partial charge in [-0.25, -0.2) is 0 Å². The fraction of sp³-hybridized carbons (Fsp3) is 0.276. The third-order valence-corrected chi connectivity index (χ3v) is 6.80. The molecule has 168 valence electrons. The van der Waals surface area contributed by atoms with Crippen LogP contribution in [0.3, 0.4) is 0 Å². The lowest BCUT2D eigenvalue weighted by atomic mass is 9.94. The van der Waals surface area contributed by atoms with Crippen molar-refractivity contribution in [2.75, 3.05) is 7.11 Å². The Balaban J connectivity index is 1.62. The maximum Gasteiger partial charge on any atom is 0.244 e. The van der Waals surface area contributed by atoms with Crippen LogP contribution in [0.1, 0.15) is 43.7 Å². The molecule has 0 radical (unpaired) electrons. The number of amides is 1. The first kappa shape index (κ1) is 21.3. The number of ether oxygens (including phenoxy) is 1. The molecule has 4 heteroatoms. The Morgan fingerprint density at radius 1 is 1.06 bits per heavy atom. The van der Waals surface area contributed by atoms with Crippen molar-refractivity contribution in [3.8, 4) is 16.9 Å². The second-order valence-corrected chi connectivity index (χ2v) is 8.95. The zero-order valence-corrected chi connectivity index (χ0v) is 19.4. The van der Waals surface area contributed by atoms with Crippen LogP contribution in [-0.4, -0.2) is 19.1 Å². The number of carbonyl (C=O) groups excluding carboxylic acids is 1. The van der Waals surface area contributed by atoms with Gasteiger partial charge in [0.05, 0.1) is 13.4 Å². The molecule has 5 rings (SSSR count). The van der Waals surface area contributed by atoms with Gasteiger partial charge in [0.2, 0.25) is 5.91 Å².